The maximum absolute atomic E-state index is 8.58. The van der Waals surface area contributed by atoms with E-state index >= 15 is 0 Å². The van der Waals surface area contributed by atoms with Crippen LogP contribution in [0.4, 0.5) is 0 Å². The van der Waals surface area contributed by atoms with Crippen molar-refractivity contribution in [3.63, 3.8) is 0 Å². The van der Waals surface area contributed by atoms with Gasteiger partial charge in [-0.3, -0.25) is 0 Å². The molecule has 0 unspecified atom stereocenters. The maximum atomic E-state index is 8.58. The van der Waals surface area contributed by atoms with E-state index in [1.54, 1.807) is 0 Å². The molecule has 19 heteroatoms. The Morgan fingerprint density at radius 2 is 0.323 bits per heavy atom. The van der Waals surface area contributed by atoms with Crippen molar-refractivity contribution in [2.24, 2.45) is 0 Å². The predicted octanol–water partition coefficient (Wildman–Crippen LogP) is -11.8. The first-order valence-corrected chi connectivity index (χ1v) is 11.4. The van der Waals surface area contributed by atoms with Gasteiger partial charge in [-0.05, 0) is 0 Å². The summed E-state index contributed by atoms with van der Waals surface area (Å²) in [5, 5.41) is 103. The zero-order valence-electron chi connectivity index (χ0n) is 16.6. The summed E-state index contributed by atoms with van der Waals surface area (Å²) < 4.78 is 0. The second-order valence-electron chi connectivity index (χ2n) is 3.60. The molecule has 0 heterocycles. The largest absolute Gasteiger partial charge is 4.00 e. The third-order valence-corrected chi connectivity index (χ3v) is 9.78. The van der Waals surface area contributed by atoms with Crippen molar-refractivity contribution in [2.75, 3.05) is 0 Å². The van der Waals surface area contributed by atoms with E-state index in [0.717, 1.165) is 59.6 Å². The second kappa shape index (κ2) is 16.2. The summed E-state index contributed by atoms with van der Waals surface area (Å²) in [7, 11) is -12.3. The minimum atomic E-state index is -6.17. The summed E-state index contributed by atoms with van der Waals surface area (Å²) in [6.07, 6.45) is 0. The Bertz CT molecular complexity index is 899. The standard InChI is InChI=1S/12CN.2Fe.4K.Zr/c12*1-2;;;;;;;/q;;;;;;;;;;;;2*-4;4*+1;+4. The Labute approximate surface area is 365 Å². The van der Waals surface area contributed by atoms with Gasteiger partial charge in [-0.1, -0.05) is 0 Å². The Morgan fingerprint density at radius 1 is 0.258 bits per heavy atom. The fourth-order valence-corrected chi connectivity index (χ4v) is 2.19. The molecule has 0 aromatic carbocycles. The predicted molar refractivity (Wildman–Crippen MR) is 67.4 cm³/mol. The van der Waals surface area contributed by atoms with Gasteiger partial charge in [-0.15, -0.1) is 0 Å². The first kappa shape index (κ1) is 50.3. The number of nitrogens with zero attached hydrogens (tertiary/aromatic N) is 12. The molecule has 0 rings (SSSR count). The SMILES string of the molecule is N#[C][Fe-4]([C]#N)([C]#N)([C]#N)([C]#N)[C]#N.N#[C][Fe-4]([C]#N)([C]#N)([C]#N)([C]#N)[C]#N.[K+].[K+].[K+].[K+].[Zr+4]. The maximum Gasteiger partial charge on any atom is 4.00 e. The van der Waals surface area contributed by atoms with Crippen LogP contribution in [-0.2, 0) is 47.7 Å². The second-order valence-corrected chi connectivity index (χ2v) is 14.8. The van der Waals surface area contributed by atoms with Gasteiger partial charge >= 0.3 is 376 Å². The number of hydrogen-bond acceptors (Lipinski definition) is 12. The Kier molecular flexibility index (Phi) is 26.2. The normalized spacial score (nSPS) is 11.2. The van der Waals surface area contributed by atoms with Gasteiger partial charge in [0.1, 0.15) is 0 Å². The van der Waals surface area contributed by atoms with Crippen LogP contribution in [0.25, 0.3) is 0 Å². The average Bonchev–Trinajstić information content (AvgIpc) is 2.77. The van der Waals surface area contributed by atoms with E-state index < -0.39 is 21.5 Å². The van der Waals surface area contributed by atoms with Gasteiger partial charge in [-0.2, -0.15) is 0 Å². The molecular weight excluding hydrogens is 672 g/mol. The average molecular weight is 672 g/mol. The molecule has 0 fully saturated rings. The third-order valence-electron chi connectivity index (χ3n) is 2.37. The van der Waals surface area contributed by atoms with Gasteiger partial charge in [0.25, 0.3) is 0 Å². The van der Waals surface area contributed by atoms with Gasteiger partial charge in [-0.25, -0.2) is 0 Å². The molecule has 12 nitrogen and oxygen atoms in total. The van der Waals surface area contributed by atoms with E-state index in [2.05, 4.69) is 0 Å². The van der Waals surface area contributed by atoms with Crippen molar-refractivity contribution >= 4 is 0 Å². The number of rotatable bonds is 0. The minimum Gasteiger partial charge on any atom is 1.00 e. The molecule has 0 aromatic heterocycles. The van der Waals surface area contributed by atoms with Crippen LogP contribution in [0.2, 0.25) is 0 Å². The van der Waals surface area contributed by atoms with Crippen LogP contribution in [0.3, 0.4) is 0 Å². The van der Waals surface area contributed by atoms with Crippen LogP contribution in [0.1, 0.15) is 0 Å². The minimum absolute atomic E-state index is 0. The first-order valence-electron chi connectivity index (χ1n) is 4.80. The number of hydrogen-bond donors (Lipinski definition) is 0. The van der Waals surface area contributed by atoms with Crippen LogP contribution in [0.5, 0.6) is 0 Å². The van der Waals surface area contributed by atoms with Crippen LogP contribution in [0, 0.1) is 123 Å². The van der Waals surface area contributed by atoms with Gasteiger partial charge in [0.05, 0.1) is 0 Å². The van der Waals surface area contributed by atoms with Crippen molar-refractivity contribution in [2.45, 2.75) is 0 Å². The molecule has 0 spiro atoms. The van der Waals surface area contributed by atoms with Gasteiger partial charge in [0.2, 0.25) is 0 Å². The molecule has 0 aromatic rings. The van der Waals surface area contributed by atoms with E-state index in [1.165, 1.54) is 0 Å². The van der Waals surface area contributed by atoms with E-state index in [9.17, 15) is 0 Å². The topological polar surface area (TPSA) is 285 Å². The van der Waals surface area contributed by atoms with Crippen molar-refractivity contribution in [1.82, 2.24) is 0 Å². The quantitative estimate of drug-likeness (QED) is 0.217. The van der Waals surface area contributed by atoms with Crippen molar-refractivity contribution in [3.8, 4) is 59.6 Å². The molecule has 0 bridgehead atoms. The molecule has 0 saturated heterocycles. The van der Waals surface area contributed by atoms with E-state index in [4.69, 9.17) is 63.1 Å². The van der Waals surface area contributed by atoms with E-state index in [-0.39, 0.29) is 232 Å². The molecule has 0 radical (unpaired) electrons. The molecular formula is C12Fe2K4N12Zr. The first-order chi connectivity index (χ1) is 11.9. The summed E-state index contributed by atoms with van der Waals surface area (Å²) in [6.45, 7) is 0. The van der Waals surface area contributed by atoms with E-state index in [1.807, 2.05) is 0 Å². The third kappa shape index (κ3) is 7.66. The van der Waals surface area contributed by atoms with E-state index in [0.29, 0.717) is 0 Å². The summed E-state index contributed by atoms with van der Waals surface area (Å²) >= 11 is 0. The molecule has 0 aliphatic carbocycles. The van der Waals surface area contributed by atoms with Crippen LogP contribution < -0.4 is 206 Å². The molecule has 31 heavy (non-hydrogen) atoms. The fourth-order valence-electron chi connectivity index (χ4n) is 0.530. The molecule has 0 aliphatic rings. The molecule has 0 amide bonds. The van der Waals surface area contributed by atoms with Crippen LogP contribution in [-0.4, -0.2) is 0 Å². The van der Waals surface area contributed by atoms with Gasteiger partial charge in [0.15, 0.2) is 0 Å². The summed E-state index contributed by atoms with van der Waals surface area (Å²) in [5.41, 5.74) is 0. The molecule has 0 N–H and O–H groups in total. The van der Waals surface area contributed by atoms with Crippen molar-refractivity contribution in [3.05, 3.63) is 0 Å². The number of nitriles is 12. The Hall–Kier alpha value is 2.35. The zero-order chi connectivity index (χ0) is 21.3. The molecule has 132 valence electrons. The van der Waals surface area contributed by atoms with Crippen molar-refractivity contribution < 1.29 is 253 Å². The molecule has 0 atom stereocenters. The summed E-state index contributed by atoms with van der Waals surface area (Å²) in [4.78, 5) is 12.4. The van der Waals surface area contributed by atoms with Gasteiger partial charge in [0, 0.05) is 0 Å². The van der Waals surface area contributed by atoms with Gasteiger partial charge < -0.3 is 0 Å². The molecule has 0 saturated carbocycles. The summed E-state index contributed by atoms with van der Waals surface area (Å²) in [5.74, 6) is 0. The molecule has 0 aliphatic heterocycles. The van der Waals surface area contributed by atoms with Crippen molar-refractivity contribution in [1.29, 1.82) is 63.1 Å². The van der Waals surface area contributed by atoms with Crippen LogP contribution in [0.15, 0.2) is 0 Å². The smallest absolute Gasteiger partial charge is 1.00 e. The zero-order valence-corrected chi connectivity index (χ0v) is 33.7. The van der Waals surface area contributed by atoms with Crippen LogP contribution >= 0.6 is 0 Å². The Balaban J connectivity index is -0.0000000640. The fraction of sp³-hybridized carbons (Fsp3) is 0. The Morgan fingerprint density at radius 3 is 0.323 bits per heavy atom. The monoisotopic (exact) mass is 670 g/mol. The summed E-state index contributed by atoms with van der Waals surface area (Å²) in [6, 6.07) is 0.